The Bertz CT molecular complexity index is 758. The predicted octanol–water partition coefficient (Wildman–Crippen LogP) is 2.81. The normalized spacial score (nSPS) is 10.9. The Kier molecular flexibility index (Phi) is 2.23. The van der Waals surface area contributed by atoms with E-state index in [1.807, 2.05) is 24.3 Å². The minimum Gasteiger partial charge on any atom is -0.507 e. The summed E-state index contributed by atoms with van der Waals surface area (Å²) in [7, 11) is 1.29. The van der Waals surface area contributed by atoms with E-state index in [4.69, 9.17) is 0 Å². The zero-order valence-electron chi connectivity index (χ0n) is 9.73. The Labute approximate surface area is 103 Å². The first-order valence-corrected chi connectivity index (χ1v) is 5.52. The number of aromatic amines is 1. The van der Waals surface area contributed by atoms with Crippen molar-refractivity contribution in [3.63, 3.8) is 0 Å². The van der Waals surface area contributed by atoms with Crippen LogP contribution in [0, 0.1) is 0 Å². The maximum atomic E-state index is 11.5. The number of carbonyl (C=O) groups excluding carboxylic acids is 1. The molecule has 0 fully saturated rings. The fraction of sp³-hybridized carbons (Fsp3) is 0.0714. The Balaban J connectivity index is 2.39. The van der Waals surface area contributed by atoms with Crippen molar-refractivity contribution in [3.05, 3.63) is 42.0 Å². The number of benzene rings is 2. The molecule has 0 radical (unpaired) electrons. The maximum Gasteiger partial charge on any atom is 0.341 e. The van der Waals surface area contributed by atoms with E-state index in [1.54, 1.807) is 12.1 Å². The van der Waals surface area contributed by atoms with Crippen molar-refractivity contribution in [2.24, 2.45) is 0 Å². The Morgan fingerprint density at radius 3 is 2.72 bits per heavy atom. The second-order valence-electron chi connectivity index (χ2n) is 4.08. The lowest BCUT2D eigenvalue weighted by Gasteiger charge is -2.02. The van der Waals surface area contributed by atoms with Gasteiger partial charge in [-0.15, -0.1) is 0 Å². The van der Waals surface area contributed by atoms with Gasteiger partial charge in [0, 0.05) is 22.4 Å². The number of phenols is 1. The molecule has 4 heteroatoms. The van der Waals surface area contributed by atoms with Gasteiger partial charge in [0.15, 0.2) is 0 Å². The zero-order valence-corrected chi connectivity index (χ0v) is 9.73. The lowest BCUT2D eigenvalue weighted by molar-refractivity contribution is 0.0597. The molecule has 0 aliphatic carbocycles. The lowest BCUT2D eigenvalue weighted by atomic mass is 10.1. The average Bonchev–Trinajstić information content (AvgIpc) is 2.74. The van der Waals surface area contributed by atoms with Crippen LogP contribution >= 0.6 is 0 Å². The molecule has 1 heterocycles. The molecule has 90 valence electrons. The molecule has 18 heavy (non-hydrogen) atoms. The summed E-state index contributed by atoms with van der Waals surface area (Å²) in [6, 6.07) is 11.0. The van der Waals surface area contributed by atoms with Crippen molar-refractivity contribution >= 4 is 27.8 Å². The Hall–Kier alpha value is -2.49. The van der Waals surface area contributed by atoms with E-state index in [0.717, 1.165) is 21.8 Å². The van der Waals surface area contributed by atoms with E-state index in [-0.39, 0.29) is 11.3 Å². The third-order valence-electron chi connectivity index (χ3n) is 3.03. The number of aromatic hydroxyl groups is 1. The van der Waals surface area contributed by atoms with Crippen molar-refractivity contribution < 1.29 is 14.6 Å². The standard InChI is InChI=1S/C14H11NO3/c1-18-14(17)10-6-9-8-4-2-3-5-11(8)15-12(9)7-13(10)16/h2-7,15-16H,1H3. The smallest absolute Gasteiger partial charge is 0.341 e. The highest BCUT2D eigenvalue weighted by Gasteiger charge is 2.14. The van der Waals surface area contributed by atoms with Gasteiger partial charge < -0.3 is 14.8 Å². The third-order valence-corrected chi connectivity index (χ3v) is 3.03. The minimum absolute atomic E-state index is 0.0825. The van der Waals surface area contributed by atoms with Crippen LogP contribution in [0.5, 0.6) is 5.75 Å². The molecule has 0 aliphatic rings. The fourth-order valence-electron chi connectivity index (χ4n) is 2.16. The first kappa shape index (κ1) is 10.7. The third kappa shape index (κ3) is 1.43. The largest absolute Gasteiger partial charge is 0.507 e. The highest BCUT2D eigenvalue weighted by Crippen LogP contribution is 2.30. The van der Waals surface area contributed by atoms with Gasteiger partial charge >= 0.3 is 5.97 Å². The van der Waals surface area contributed by atoms with Crippen LogP contribution in [-0.2, 0) is 4.74 Å². The summed E-state index contributed by atoms with van der Waals surface area (Å²) in [5.41, 5.74) is 1.94. The molecule has 0 unspecified atom stereocenters. The summed E-state index contributed by atoms with van der Waals surface area (Å²) < 4.78 is 4.65. The monoisotopic (exact) mass is 241 g/mol. The van der Waals surface area contributed by atoms with E-state index in [1.165, 1.54) is 7.11 Å². The first-order chi connectivity index (χ1) is 8.70. The highest BCUT2D eigenvalue weighted by molar-refractivity contribution is 6.10. The molecule has 2 aromatic carbocycles. The van der Waals surface area contributed by atoms with Gasteiger partial charge in [0.1, 0.15) is 11.3 Å². The number of para-hydroxylation sites is 1. The van der Waals surface area contributed by atoms with Crippen molar-refractivity contribution in [3.8, 4) is 5.75 Å². The molecule has 3 aromatic rings. The zero-order chi connectivity index (χ0) is 12.7. The summed E-state index contributed by atoms with van der Waals surface area (Å²) in [6.07, 6.45) is 0. The summed E-state index contributed by atoms with van der Waals surface area (Å²) in [5, 5.41) is 11.7. The van der Waals surface area contributed by atoms with Crippen LogP contribution in [0.2, 0.25) is 0 Å². The Morgan fingerprint density at radius 2 is 1.94 bits per heavy atom. The molecule has 0 bridgehead atoms. The molecule has 0 aliphatic heterocycles. The first-order valence-electron chi connectivity index (χ1n) is 5.52. The number of fused-ring (bicyclic) bond motifs is 3. The SMILES string of the molecule is COC(=O)c1cc2c(cc1O)[nH]c1ccccc12. The number of hydrogen-bond donors (Lipinski definition) is 2. The van der Waals surface area contributed by atoms with Crippen LogP contribution in [0.25, 0.3) is 21.8 Å². The number of rotatable bonds is 1. The van der Waals surface area contributed by atoms with Crippen LogP contribution in [0.1, 0.15) is 10.4 Å². The average molecular weight is 241 g/mol. The number of aromatic nitrogens is 1. The molecule has 2 N–H and O–H groups in total. The van der Waals surface area contributed by atoms with Gasteiger partial charge in [0.25, 0.3) is 0 Å². The number of hydrogen-bond acceptors (Lipinski definition) is 3. The van der Waals surface area contributed by atoms with Gasteiger partial charge in [-0.1, -0.05) is 18.2 Å². The molecule has 0 saturated carbocycles. The number of esters is 1. The lowest BCUT2D eigenvalue weighted by Crippen LogP contribution is -2.01. The number of phenolic OH excluding ortho intramolecular Hbond substituents is 1. The van der Waals surface area contributed by atoms with E-state index in [9.17, 15) is 9.90 Å². The second kappa shape index (κ2) is 3.77. The highest BCUT2D eigenvalue weighted by atomic mass is 16.5. The van der Waals surface area contributed by atoms with Gasteiger partial charge in [-0.05, 0) is 12.1 Å². The number of nitrogens with one attached hydrogen (secondary N) is 1. The summed E-state index contributed by atoms with van der Waals surface area (Å²) in [5.74, 6) is -0.624. The van der Waals surface area contributed by atoms with Gasteiger partial charge in [-0.3, -0.25) is 0 Å². The predicted molar refractivity (Wildman–Crippen MR) is 68.8 cm³/mol. The van der Waals surface area contributed by atoms with Gasteiger partial charge in [-0.2, -0.15) is 0 Å². The van der Waals surface area contributed by atoms with Crippen LogP contribution in [0.3, 0.4) is 0 Å². The summed E-state index contributed by atoms with van der Waals surface area (Å²) in [4.78, 5) is 14.7. The minimum atomic E-state index is -0.542. The molecule has 0 atom stereocenters. The molecule has 0 saturated heterocycles. The second-order valence-corrected chi connectivity index (χ2v) is 4.08. The molecular formula is C14H11NO3. The summed E-state index contributed by atoms with van der Waals surface area (Å²) in [6.45, 7) is 0. The topological polar surface area (TPSA) is 62.3 Å². The number of H-pyrrole nitrogens is 1. The van der Waals surface area contributed by atoms with Gasteiger partial charge in [0.05, 0.1) is 12.6 Å². The van der Waals surface area contributed by atoms with Crippen molar-refractivity contribution in [2.45, 2.75) is 0 Å². The number of ether oxygens (including phenoxy) is 1. The van der Waals surface area contributed by atoms with Crippen LogP contribution in [0.4, 0.5) is 0 Å². The molecule has 3 rings (SSSR count). The van der Waals surface area contributed by atoms with Crippen LogP contribution < -0.4 is 0 Å². The van der Waals surface area contributed by atoms with Crippen LogP contribution in [0.15, 0.2) is 36.4 Å². The fourth-order valence-corrected chi connectivity index (χ4v) is 2.16. The maximum absolute atomic E-state index is 11.5. The number of carbonyl (C=O) groups is 1. The molecule has 4 nitrogen and oxygen atoms in total. The van der Waals surface area contributed by atoms with E-state index >= 15 is 0 Å². The van der Waals surface area contributed by atoms with Crippen LogP contribution in [-0.4, -0.2) is 23.2 Å². The van der Waals surface area contributed by atoms with Crippen molar-refractivity contribution in [1.29, 1.82) is 0 Å². The van der Waals surface area contributed by atoms with E-state index in [0.29, 0.717) is 0 Å². The van der Waals surface area contributed by atoms with Crippen molar-refractivity contribution in [2.75, 3.05) is 7.11 Å². The van der Waals surface area contributed by atoms with E-state index < -0.39 is 5.97 Å². The summed E-state index contributed by atoms with van der Waals surface area (Å²) >= 11 is 0. The quantitative estimate of drug-likeness (QED) is 0.644. The molecule has 0 spiro atoms. The molecular weight excluding hydrogens is 230 g/mol. The molecule has 0 amide bonds. The van der Waals surface area contributed by atoms with Gasteiger partial charge in [0.2, 0.25) is 0 Å². The van der Waals surface area contributed by atoms with Crippen molar-refractivity contribution in [1.82, 2.24) is 4.98 Å². The van der Waals surface area contributed by atoms with Gasteiger partial charge in [-0.25, -0.2) is 4.79 Å². The number of methoxy groups -OCH3 is 1. The van der Waals surface area contributed by atoms with E-state index in [2.05, 4.69) is 9.72 Å². The Morgan fingerprint density at radius 1 is 1.17 bits per heavy atom. The molecule has 1 aromatic heterocycles.